The molecule has 1 atom stereocenters. The zero-order valence-electron chi connectivity index (χ0n) is 10.6. The molecular formula is C12H28N2O. The van der Waals surface area contributed by atoms with Gasteiger partial charge in [-0.3, -0.25) is 0 Å². The van der Waals surface area contributed by atoms with Gasteiger partial charge in [0.1, 0.15) is 0 Å². The molecule has 1 unspecified atom stereocenters. The van der Waals surface area contributed by atoms with Crippen molar-refractivity contribution in [3.05, 3.63) is 0 Å². The Kier molecular flexibility index (Phi) is 8.02. The first kappa shape index (κ1) is 14.9. The smallest absolute Gasteiger partial charge is 0.0608 e. The molecule has 0 spiro atoms. The van der Waals surface area contributed by atoms with Gasteiger partial charge >= 0.3 is 0 Å². The summed E-state index contributed by atoms with van der Waals surface area (Å²) >= 11 is 0. The Balaban J connectivity index is 3.42. The number of hydrogen-bond donors (Lipinski definition) is 2. The molecule has 0 aliphatic carbocycles. The van der Waals surface area contributed by atoms with Crippen molar-refractivity contribution in [3.8, 4) is 0 Å². The van der Waals surface area contributed by atoms with E-state index >= 15 is 0 Å². The van der Waals surface area contributed by atoms with Crippen LogP contribution in [0, 0.1) is 0 Å². The fourth-order valence-corrected chi connectivity index (χ4v) is 1.58. The van der Waals surface area contributed by atoms with Crippen LogP contribution in [0.5, 0.6) is 0 Å². The van der Waals surface area contributed by atoms with Crippen molar-refractivity contribution in [2.45, 2.75) is 51.5 Å². The number of nitrogens with zero attached hydrogens (tertiary/aromatic N) is 1. The van der Waals surface area contributed by atoms with Gasteiger partial charge in [-0.2, -0.15) is 0 Å². The lowest BCUT2D eigenvalue weighted by Gasteiger charge is -2.23. The molecule has 3 nitrogen and oxygen atoms in total. The molecular weight excluding hydrogens is 188 g/mol. The molecule has 0 bridgehead atoms. The third kappa shape index (κ3) is 8.85. The number of unbranched alkanes of at least 4 members (excludes halogenated alkanes) is 2. The van der Waals surface area contributed by atoms with Crippen molar-refractivity contribution in [2.75, 3.05) is 26.7 Å². The lowest BCUT2D eigenvalue weighted by atomic mass is 9.98. The predicted octanol–water partition coefficient (Wildman–Crippen LogP) is 1.60. The molecule has 0 aromatic heterocycles. The van der Waals surface area contributed by atoms with Crippen LogP contribution >= 0.6 is 0 Å². The van der Waals surface area contributed by atoms with Gasteiger partial charge in [0, 0.05) is 5.54 Å². The van der Waals surface area contributed by atoms with Gasteiger partial charge in [0.05, 0.1) is 6.61 Å². The zero-order valence-corrected chi connectivity index (χ0v) is 10.6. The molecule has 15 heavy (non-hydrogen) atoms. The average Bonchev–Trinajstić information content (AvgIpc) is 2.18. The van der Waals surface area contributed by atoms with Gasteiger partial charge in [-0.1, -0.05) is 19.8 Å². The molecule has 0 heterocycles. The summed E-state index contributed by atoms with van der Waals surface area (Å²) in [5.74, 6) is 0. The SMILES string of the molecule is CCCCCN(C)CCCC(C)(N)CO. The molecule has 0 aromatic rings. The molecule has 3 heteroatoms. The molecule has 0 radical (unpaired) electrons. The lowest BCUT2D eigenvalue weighted by molar-refractivity contribution is 0.191. The fourth-order valence-electron chi connectivity index (χ4n) is 1.58. The van der Waals surface area contributed by atoms with Crippen LogP contribution in [-0.2, 0) is 0 Å². The number of aliphatic hydroxyl groups excluding tert-OH is 1. The van der Waals surface area contributed by atoms with E-state index in [2.05, 4.69) is 18.9 Å². The van der Waals surface area contributed by atoms with Crippen LogP contribution < -0.4 is 5.73 Å². The van der Waals surface area contributed by atoms with Crippen molar-refractivity contribution in [3.63, 3.8) is 0 Å². The second-order valence-corrected chi connectivity index (χ2v) is 4.93. The van der Waals surface area contributed by atoms with Gasteiger partial charge < -0.3 is 15.7 Å². The van der Waals surface area contributed by atoms with Crippen LogP contribution in [0.15, 0.2) is 0 Å². The molecule has 0 saturated carbocycles. The number of aliphatic hydroxyl groups is 1. The minimum Gasteiger partial charge on any atom is -0.394 e. The summed E-state index contributed by atoms with van der Waals surface area (Å²) in [6, 6.07) is 0. The zero-order chi connectivity index (χ0) is 11.7. The second-order valence-electron chi connectivity index (χ2n) is 4.93. The quantitative estimate of drug-likeness (QED) is 0.576. The molecule has 0 rings (SSSR count). The van der Waals surface area contributed by atoms with E-state index < -0.39 is 5.54 Å². The van der Waals surface area contributed by atoms with E-state index in [0.29, 0.717) is 0 Å². The van der Waals surface area contributed by atoms with Crippen LogP contribution in [0.25, 0.3) is 0 Å². The first-order valence-corrected chi connectivity index (χ1v) is 6.10. The van der Waals surface area contributed by atoms with E-state index in [1.165, 1.54) is 25.8 Å². The van der Waals surface area contributed by atoms with E-state index in [4.69, 9.17) is 10.8 Å². The second kappa shape index (κ2) is 8.08. The Morgan fingerprint density at radius 3 is 2.33 bits per heavy atom. The van der Waals surface area contributed by atoms with Gasteiger partial charge in [0.2, 0.25) is 0 Å². The van der Waals surface area contributed by atoms with Crippen LogP contribution in [0.4, 0.5) is 0 Å². The van der Waals surface area contributed by atoms with Crippen molar-refractivity contribution in [2.24, 2.45) is 5.73 Å². The van der Waals surface area contributed by atoms with Gasteiger partial charge in [0.25, 0.3) is 0 Å². The van der Waals surface area contributed by atoms with E-state index in [-0.39, 0.29) is 6.61 Å². The van der Waals surface area contributed by atoms with E-state index in [1.54, 1.807) is 0 Å². The minimum absolute atomic E-state index is 0.0759. The number of rotatable bonds is 9. The molecule has 0 amide bonds. The fraction of sp³-hybridized carbons (Fsp3) is 1.00. The Morgan fingerprint density at radius 2 is 1.80 bits per heavy atom. The topological polar surface area (TPSA) is 49.5 Å². The van der Waals surface area contributed by atoms with Crippen LogP contribution in [0.3, 0.4) is 0 Å². The highest BCUT2D eigenvalue weighted by Crippen LogP contribution is 2.08. The summed E-state index contributed by atoms with van der Waals surface area (Å²) < 4.78 is 0. The van der Waals surface area contributed by atoms with E-state index in [1.807, 2.05) is 6.92 Å². The summed E-state index contributed by atoms with van der Waals surface area (Å²) in [4.78, 5) is 2.35. The van der Waals surface area contributed by atoms with Crippen molar-refractivity contribution < 1.29 is 5.11 Å². The van der Waals surface area contributed by atoms with Crippen LogP contribution in [0.2, 0.25) is 0 Å². The van der Waals surface area contributed by atoms with Crippen molar-refractivity contribution in [1.82, 2.24) is 4.90 Å². The lowest BCUT2D eigenvalue weighted by Crippen LogP contribution is -2.40. The van der Waals surface area contributed by atoms with Crippen molar-refractivity contribution in [1.29, 1.82) is 0 Å². The van der Waals surface area contributed by atoms with Gasteiger partial charge in [-0.05, 0) is 46.3 Å². The summed E-state index contributed by atoms with van der Waals surface area (Å²) in [6.45, 7) is 6.46. The number of nitrogens with two attached hydrogens (primary N) is 1. The van der Waals surface area contributed by atoms with E-state index in [9.17, 15) is 0 Å². The Bertz CT molecular complexity index is 149. The maximum absolute atomic E-state index is 8.99. The summed E-state index contributed by atoms with van der Waals surface area (Å²) in [7, 11) is 2.16. The van der Waals surface area contributed by atoms with Crippen molar-refractivity contribution >= 4 is 0 Å². The first-order chi connectivity index (χ1) is 7.02. The molecule has 0 saturated heterocycles. The third-order valence-corrected chi connectivity index (χ3v) is 2.79. The molecule has 0 aliphatic heterocycles. The molecule has 92 valence electrons. The maximum Gasteiger partial charge on any atom is 0.0608 e. The maximum atomic E-state index is 8.99. The number of hydrogen-bond acceptors (Lipinski definition) is 3. The average molecular weight is 216 g/mol. The van der Waals surface area contributed by atoms with Crippen LogP contribution in [0.1, 0.15) is 46.0 Å². The highest BCUT2D eigenvalue weighted by molar-refractivity contribution is 4.77. The van der Waals surface area contributed by atoms with Gasteiger partial charge in [-0.25, -0.2) is 0 Å². The summed E-state index contributed by atoms with van der Waals surface area (Å²) in [5, 5.41) is 8.99. The van der Waals surface area contributed by atoms with Gasteiger partial charge in [-0.15, -0.1) is 0 Å². The largest absolute Gasteiger partial charge is 0.394 e. The highest BCUT2D eigenvalue weighted by Gasteiger charge is 2.16. The first-order valence-electron chi connectivity index (χ1n) is 6.10. The summed E-state index contributed by atoms with van der Waals surface area (Å²) in [5.41, 5.74) is 5.46. The van der Waals surface area contributed by atoms with E-state index in [0.717, 1.165) is 19.4 Å². The third-order valence-electron chi connectivity index (χ3n) is 2.79. The molecule has 3 N–H and O–H groups in total. The summed E-state index contributed by atoms with van der Waals surface area (Å²) in [6.07, 6.45) is 5.83. The monoisotopic (exact) mass is 216 g/mol. The normalized spacial score (nSPS) is 15.6. The Labute approximate surface area is 94.6 Å². The minimum atomic E-state index is -0.399. The Hall–Kier alpha value is -0.120. The Morgan fingerprint density at radius 1 is 1.20 bits per heavy atom. The standard InChI is InChI=1S/C12H28N2O/c1-4-5-6-9-14(3)10-7-8-12(2,13)11-15/h15H,4-11,13H2,1-3H3. The highest BCUT2D eigenvalue weighted by atomic mass is 16.3. The molecule has 0 fully saturated rings. The van der Waals surface area contributed by atoms with Gasteiger partial charge in [0.15, 0.2) is 0 Å². The molecule has 0 aliphatic rings. The van der Waals surface area contributed by atoms with Crippen LogP contribution in [-0.4, -0.2) is 42.3 Å². The predicted molar refractivity (Wildman–Crippen MR) is 65.9 cm³/mol. The molecule has 0 aromatic carbocycles.